The molecule has 0 unspecified atom stereocenters. The summed E-state index contributed by atoms with van der Waals surface area (Å²) in [5.41, 5.74) is -1.49. The van der Waals surface area contributed by atoms with Crippen molar-refractivity contribution in [1.82, 2.24) is 10.3 Å². The van der Waals surface area contributed by atoms with Gasteiger partial charge in [-0.15, -0.1) is 0 Å². The molecule has 3 aromatic rings. The fourth-order valence-corrected chi connectivity index (χ4v) is 5.70. The van der Waals surface area contributed by atoms with Gasteiger partial charge < -0.3 is 15.2 Å². The number of nitrogens with zero attached hydrogens (tertiary/aromatic N) is 4. The first kappa shape index (κ1) is 32.7. The number of aromatic nitrogens is 1. The van der Waals surface area contributed by atoms with E-state index in [1.54, 1.807) is 12.1 Å². The van der Waals surface area contributed by atoms with Crippen LogP contribution in [0.2, 0.25) is 5.02 Å². The Bertz CT molecular complexity index is 1720. The first-order chi connectivity index (χ1) is 21.7. The molecule has 2 N–H and O–H groups in total. The van der Waals surface area contributed by atoms with Crippen molar-refractivity contribution in [3.63, 3.8) is 0 Å². The summed E-state index contributed by atoms with van der Waals surface area (Å²) in [6.45, 7) is 2.61. The van der Waals surface area contributed by atoms with Gasteiger partial charge in [-0.2, -0.15) is 5.26 Å². The van der Waals surface area contributed by atoms with Gasteiger partial charge in [-0.25, -0.2) is 27.8 Å². The zero-order valence-corrected chi connectivity index (χ0v) is 25.5. The number of halogens is 4. The van der Waals surface area contributed by atoms with Crippen molar-refractivity contribution >= 4 is 41.0 Å². The maximum atomic E-state index is 15.2. The molecule has 0 bridgehead atoms. The van der Waals surface area contributed by atoms with Crippen LogP contribution in [0.5, 0.6) is 0 Å². The minimum Gasteiger partial charge on any atom is -0.449 e. The fraction of sp³-hybridized carbons (Fsp3) is 0.344. The van der Waals surface area contributed by atoms with Crippen molar-refractivity contribution in [3.8, 4) is 6.07 Å². The molecule has 1 aliphatic carbocycles. The van der Waals surface area contributed by atoms with E-state index < -0.39 is 66.2 Å². The van der Waals surface area contributed by atoms with Gasteiger partial charge in [0.05, 0.1) is 23.8 Å². The molecule has 5 rings (SSSR count). The van der Waals surface area contributed by atoms with Crippen molar-refractivity contribution < 1.29 is 37.4 Å². The zero-order chi connectivity index (χ0) is 33.4. The number of amides is 3. The summed E-state index contributed by atoms with van der Waals surface area (Å²) in [6, 6.07) is 10.1. The lowest BCUT2D eigenvalue weighted by atomic mass is 9.87. The standard InChI is InChI=1S/C32H29ClF3N5O5/c1-31(2,45)19-12-20(34)14-22(13-19)40(27(23-5-3-4-6-24(23)33)28(42)39-21-15-32(35,36)16-21)29(43)25-8-10-46-30(44)41(25)26-11-18(17-37)7-9-38-26/h3-7,9,11-14,21,25,27,45H,8,10,15-16H2,1-2H3,(H,39,42)/t25-,27-/m0/s1. The third-order valence-corrected chi connectivity index (χ3v) is 8.12. The summed E-state index contributed by atoms with van der Waals surface area (Å²) >= 11 is 6.55. The van der Waals surface area contributed by atoms with Gasteiger partial charge in [-0.05, 0) is 55.8 Å². The lowest BCUT2D eigenvalue weighted by Crippen LogP contribution is -2.58. The number of anilines is 2. The Kier molecular flexibility index (Phi) is 8.97. The number of pyridine rings is 1. The van der Waals surface area contributed by atoms with E-state index in [1.807, 2.05) is 6.07 Å². The largest absolute Gasteiger partial charge is 0.449 e. The smallest absolute Gasteiger partial charge is 0.416 e. The summed E-state index contributed by atoms with van der Waals surface area (Å²) < 4.78 is 47.9. The minimum absolute atomic E-state index is 0.0433. The first-order valence-corrected chi connectivity index (χ1v) is 14.7. The average Bonchev–Trinajstić information content (AvgIpc) is 2.98. The number of ether oxygens (including phenoxy) is 1. The lowest BCUT2D eigenvalue weighted by molar-refractivity contribution is -0.133. The molecule has 2 heterocycles. The topological polar surface area (TPSA) is 136 Å². The van der Waals surface area contributed by atoms with Gasteiger partial charge in [0.2, 0.25) is 5.91 Å². The van der Waals surface area contributed by atoms with Gasteiger partial charge in [-0.1, -0.05) is 29.8 Å². The number of nitriles is 1. The number of alkyl halides is 2. The van der Waals surface area contributed by atoms with Gasteiger partial charge in [0.15, 0.2) is 0 Å². The molecular weight excluding hydrogens is 627 g/mol. The molecule has 0 radical (unpaired) electrons. The van der Waals surface area contributed by atoms with Crippen molar-refractivity contribution in [1.29, 1.82) is 5.26 Å². The maximum absolute atomic E-state index is 15.2. The summed E-state index contributed by atoms with van der Waals surface area (Å²) in [5.74, 6) is -5.69. The quantitative estimate of drug-likeness (QED) is 0.333. The Balaban J connectivity index is 1.69. The first-order valence-electron chi connectivity index (χ1n) is 14.3. The van der Waals surface area contributed by atoms with Crippen LogP contribution in [0.1, 0.15) is 55.8 Å². The molecule has 2 fully saturated rings. The van der Waals surface area contributed by atoms with Crippen molar-refractivity contribution in [3.05, 3.63) is 88.3 Å². The number of aliphatic hydroxyl groups is 1. The molecule has 2 aliphatic rings. The Morgan fingerprint density at radius 3 is 2.59 bits per heavy atom. The zero-order valence-electron chi connectivity index (χ0n) is 24.7. The molecule has 240 valence electrons. The predicted molar refractivity (Wildman–Crippen MR) is 161 cm³/mol. The third kappa shape index (κ3) is 6.78. The lowest BCUT2D eigenvalue weighted by Gasteiger charge is -2.41. The van der Waals surface area contributed by atoms with Gasteiger partial charge in [0.1, 0.15) is 23.7 Å². The molecule has 1 aromatic heterocycles. The molecule has 1 saturated carbocycles. The molecule has 3 amide bonds. The number of benzene rings is 2. The average molecular weight is 656 g/mol. The maximum Gasteiger partial charge on any atom is 0.416 e. The minimum atomic E-state index is -2.97. The van der Waals surface area contributed by atoms with Crippen LogP contribution in [-0.4, -0.2) is 52.6 Å². The number of cyclic esters (lactones) is 1. The number of nitrogens with one attached hydrogen (secondary N) is 1. The van der Waals surface area contributed by atoms with Crippen LogP contribution in [-0.2, 0) is 19.9 Å². The number of hydrogen-bond donors (Lipinski definition) is 2. The van der Waals surface area contributed by atoms with Gasteiger partial charge in [-0.3, -0.25) is 14.5 Å². The molecular formula is C32H29ClF3N5O5. The second-order valence-electron chi connectivity index (χ2n) is 11.7. The highest BCUT2D eigenvalue weighted by Crippen LogP contribution is 2.40. The molecule has 14 heteroatoms. The van der Waals surface area contributed by atoms with E-state index in [0.29, 0.717) is 0 Å². The molecule has 1 saturated heterocycles. The van der Waals surface area contributed by atoms with E-state index >= 15 is 4.39 Å². The van der Waals surface area contributed by atoms with E-state index in [0.717, 1.165) is 21.9 Å². The normalized spacial score (nSPS) is 18.5. The number of carbonyl (C=O) groups is 3. The van der Waals surface area contributed by atoms with Gasteiger partial charge in [0.25, 0.3) is 11.8 Å². The molecule has 10 nitrogen and oxygen atoms in total. The van der Waals surface area contributed by atoms with E-state index in [-0.39, 0.29) is 46.2 Å². The monoisotopic (exact) mass is 655 g/mol. The Morgan fingerprint density at radius 2 is 1.93 bits per heavy atom. The highest BCUT2D eigenvalue weighted by atomic mass is 35.5. The van der Waals surface area contributed by atoms with Crippen molar-refractivity contribution in [2.75, 3.05) is 16.4 Å². The van der Waals surface area contributed by atoms with Crippen LogP contribution in [0.25, 0.3) is 0 Å². The number of carbonyl (C=O) groups excluding carboxylic acids is 3. The Morgan fingerprint density at radius 1 is 1.22 bits per heavy atom. The number of hydrogen-bond acceptors (Lipinski definition) is 7. The van der Waals surface area contributed by atoms with E-state index in [9.17, 15) is 33.5 Å². The molecule has 46 heavy (non-hydrogen) atoms. The van der Waals surface area contributed by atoms with Crippen LogP contribution < -0.4 is 15.1 Å². The molecule has 1 aliphatic heterocycles. The van der Waals surface area contributed by atoms with Crippen molar-refractivity contribution in [2.24, 2.45) is 0 Å². The van der Waals surface area contributed by atoms with Crippen LogP contribution >= 0.6 is 11.6 Å². The second-order valence-corrected chi connectivity index (χ2v) is 12.1. The SMILES string of the molecule is CC(C)(O)c1cc(F)cc(N(C(=O)[C@@H]2CCOC(=O)N2c2cc(C#N)ccn2)[C@H](C(=O)NC2CC(F)(F)C2)c2ccccc2Cl)c1. The van der Waals surface area contributed by atoms with Crippen molar-refractivity contribution in [2.45, 2.75) is 62.8 Å². The number of rotatable bonds is 8. The van der Waals surface area contributed by atoms with Crippen LogP contribution in [0.4, 0.5) is 29.5 Å². The molecule has 0 spiro atoms. The van der Waals surface area contributed by atoms with E-state index in [4.69, 9.17) is 16.3 Å². The molecule has 2 atom stereocenters. The second kappa shape index (κ2) is 12.6. The van der Waals surface area contributed by atoms with Crippen LogP contribution in [0.15, 0.2) is 60.8 Å². The Labute approximate surface area is 267 Å². The van der Waals surface area contributed by atoms with Gasteiger partial charge >= 0.3 is 6.09 Å². The van der Waals surface area contributed by atoms with E-state index in [2.05, 4.69) is 10.3 Å². The van der Waals surface area contributed by atoms with Gasteiger partial charge in [0, 0.05) is 47.8 Å². The van der Waals surface area contributed by atoms with E-state index in [1.165, 1.54) is 50.4 Å². The summed E-state index contributed by atoms with van der Waals surface area (Å²) in [5, 5.41) is 22.8. The fourth-order valence-electron chi connectivity index (χ4n) is 5.46. The van der Waals surface area contributed by atoms with Crippen LogP contribution in [0.3, 0.4) is 0 Å². The van der Waals surface area contributed by atoms with Crippen LogP contribution in [0, 0.1) is 17.1 Å². The Hall–Kier alpha value is -4.67. The summed E-state index contributed by atoms with van der Waals surface area (Å²) in [6.07, 6.45) is -1.02. The third-order valence-electron chi connectivity index (χ3n) is 7.78. The highest BCUT2D eigenvalue weighted by molar-refractivity contribution is 6.31. The summed E-state index contributed by atoms with van der Waals surface area (Å²) in [4.78, 5) is 48.0. The highest BCUT2D eigenvalue weighted by Gasteiger charge is 2.48. The summed E-state index contributed by atoms with van der Waals surface area (Å²) in [7, 11) is 0. The molecule has 2 aromatic carbocycles. The predicted octanol–water partition coefficient (Wildman–Crippen LogP) is 5.38.